The summed E-state index contributed by atoms with van der Waals surface area (Å²) in [5.41, 5.74) is 2.36. The standard InChI is InChI=1S/C15H16N2O4/c1-9-12(14(18)20-3)10(2)17-13(9)15(19)21-8-11-6-4-5-7-16-11/h4-7,17H,8H2,1-3H3. The van der Waals surface area contributed by atoms with Crippen molar-refractivity contribution in [2.45, 2.75) is 20.5 Å². The third kappa shape index (κ3) is 3.10. The molecule has 21 heavy (non-hydrogen) atoms. The fourth-order valence-electron chi connectivity index (χ4n) is 2.06. The van der Waals surface area contributed by atoms with Crippen molar-refractivity contribution in [3.63, 3.8) is 0 Å². The number of hydrogen-bond acceptors (Lipinski definition) is 5. The predicted molar refractivity (Wildman–Crippen MR) is 75.0 cm³/mol. The van der Waals surface area contributed by atoms with Gasteiger partial charge in [-0.1, -0.05) is 6.07 Å². The van der Waals surface area contributed by atoms with Gasteiger partial charge in [-0.2, -0.15) is 0 Å². The minimum absolute atomic E-state index is 0.0741. The number of hydrogen-bond donors (Lipinski definition) is 1. The van der Waals surface area contributed by atoms with E-state index in [1.165, 1.54) is 7.11 Å². The van der Waals surface area contributed by atoms with E-state index in [2.05, 4.69) is 9.97 Å². The van der Waals surface area contributed by atoms with E-state index in [0.717, 1.165) is 0 Å². The average Bonchev–Trinajstić information content (AvgIpc) is 2.80. The Labute approximate surface area is 122 Å². The van der Waals surface area contributed by atoms with Crippen LogP contribution in [0.25, 0.3) is 0 Å². The first-order valence-corrected chi connectivity index (χ1v) is 6.39. The van der Waals surface area contributed by atoms with Gasteiger partial charge in [-0.3, -0.25) is 4.98 Å². The summed E-state index contributed by atoms with van der Waals surface area (Å²) in [6, 6.07) is 5.36. The lowest BCUT2D eigenvalue weighted by Gasteiger charge is -2.04. The van der Waals surface area contributed by atoms with Gasteiger partial charge in [-0.05, 0) is 31.5 Å². The number of methoxy groups -OCH3 is 1. The van der Waals surface area contributed by atoms with Crippen molar-refractivity contribution in [2.75, 3.05) is 7.11 Å². The van der Waals surface area contributed by atoms with Crippen LogP contribution < -0.4 is 0 Å². The molecule has 0 amide bonds. The second-order valence-corrected chi connectivity index (χ2v) is 4.51. The normalized spacial score (nSPS) is 10.2. The molecule has 6 nitrogen and oxygen atoms in total. The Bertz CT molecular complexity index is 662. The molecule has 0 saturated carbocycles. The largest absolute Gasteiger partial charge is 0.465 e. The van der Waals surface area contributed by atoms with Gasteiger partial charge >= 0.3 is 11.9 Å². The second-order valence-electron chi connectivity index (χ2n) is 4.51. The first kappa shape index (κ1) is 14.8. The van der Waals surface area contributed by atoms with E-state index in [1.807, 2.05) is 6.07 Å². The second kappa shape index (κ2) is 6.21. The number of aryl methyl sites for hydroxylation is 1. The summed E-state index contributed by atoms with van der Waals surface area (Å²) in [4.78, 5) is 30.7. The third-order valence-electron chi connectivity index (χ3n) is 3.11. The van der Waals surface area contributed by atoms with E-state index in [9.17, 15) is 9.59 Å². The maximum absolute atomic E-state index is 12.1. The summed E-state index contributed by atoms with van der Waals surface area (Å²) in [6.07, 6.45) is 1.63. The number of aromatic nitrogens is 2. The summed E-state index contributed by atoms with van der Waals surface area (Å²) in [5, 5.41) is 0. The molecule has 0 spiro atoms. The minimum atomic E-state index is -0.531. The quantitative estimate of drug-likeness (QED) is 0.872. The van der Waals surface area contributed by atoms with Gasteiger partial charge in [0.15, 0.2) is 0 Å². The Hall–Kier alpha value is -2.63. The number of rotatable bonds is 4. The summed E-state index contributed by atoms with van der Waals surface area (Å²) in [6.45, 7) is 3.45. The van der Waals surface area contributed by atoms with E-state index in [0.29, 0.717) is 22.5 Å². The van der Waals surface area contributed by atoms with E-state index in [-0.39, 0.29) is 12.3 Å². The van der Waals surface area contributed by atoms with Crippen LogP contribution in [0.2, 0.25) is 0 Å². The molecule has 2 heterocycles. The summed E-state index contributed by atoms with van der Waals surface area (Å²) in [7, 11) is 1.30. The highest BCUT2D eigenvalue weighted by atomic mass is 16.5. The first-order chi connectivity index (χ1) is 10.0. The minimum Gasteiger partial charge on any atom is -0.465 e. The van der Waals surface area contributed by atoms with Crippen LogP contribution in [0.4, 0.5) is 0 Å². The van der Waals surface area contributed by atoms with Crippen LogP contribution in [-0.4, -0.2) is 29.0 Å². The Kier molecular flexibility index (Phi) is 4.37. The van der Waals surface area contributed by atoms with Crippen molar-refractivity contribution in [2.24, 2.45) is 0 Å². The molecule has 2 aromatic heterocycles. The van der Waals surface area contributed by atoms with Crippen LogP contribution in [0.3, 0.4) is 0 Å². The van der Waals surface area contributed by atoms with Gasteiger partial charge in [0.05, 0.1) is 18.4 Å². The average molecular weight is 288 g/mol. The Balaban J connectivity index is 2.15. The highest BCUT2D eigenvalue weighted by Crippen LogP contribution is 2.19. The summed E-state index contributed by atoms with van der Waals surface area (Å²) in [5.74, 6) is -1.01. The monoisotopic (exact) mass is 288 g/mol. The maximum Gasteiger partial charge on any atom is 0.355 e. The van der Waals surface area contributed by atoms with Gasteiger partial charge in [0.1, 0.15) is 12.3 Å². The Morgan fingerprint density at radius 2 is 2.00 bits per heavy atom. The number of nitrogens with zero attached hydrogens (tertiary/aromatic N) is 1. The molecule has 0 saturated heterocycles. The molecule has 0 aliphatic carbocycles. The van der Waals surface area contributed by atoms with Gasteiger partial charge in [-0.15, -0.1) is 0 Å². The molecule has 0 aromatic carbocycles. The molecule has 0 bridgehead atoms. The lowest BCUT2D eigenvalue weighted by atomic mass is 10.1. The molecular weight excluding hydrogens is 272 g/mol. The van der Waals surface area contributed by atoms with E-state index >= 15 is 0 Å². The van der Waals surface area contributed by atoms with Gasteiger partial charge in [0.2, 0.25) is 0 Å². The molecule has 2 aromatic rings. The van der Waals surface area contributed by atoms with E-state index in [1.54, 1.807) is 32.2 Å². The van der Waals surface area contributed by atoms with Crippen LogP contribution in [0, 0.1) is 13.8 Å². The molecule has 0 radical (unpaired) electrons. The van der Waals surface area contributed by atoms with Crippen molar-refractivity contribution in [1.82, 2.24) is 9.97 Å². The van der Waals surface area contributed by atoms with Crippen LogP contribution in [0.5, 0.6) is 0 Å². The van der Waals surface area contributed by atoms with Crippen LogP contribution in [0.15, 0.2) is 24.4 Å². The zero-order valence-corrected chi connectivity index (χ0v) is 12.1. The lowest BCUT2D eigenvalue weighted by molar-refractivity contribution is 0.0460. The number of pyridine rings is 1. The van der Waals surface area contributed by atoms with E-state index < -0.39 is 11.9 Å². The molecular formula is C15H16N2O4. The maximum atomic E-state index is 12.1. The smallest absolute Gasteiger partial charge is 0.355 e. The van der Waals surface area contributed by atoms with Crippen molar-refractivity contribution >= 4 is 11.9 Å². The molecule has 0 fully saturated rings. The molecule has 6 heteroatoms. The number of nitrogens with one attached hydrogen (secondary N) is 1. The zero-order chi connectivity index (χ0) is 15.4. The highest BCUT2D eigenvalue weighted by molar-refractivity contribution is 5.98. The van der Waals surface area contributed by atoms with E-state index in [4.69, 9.17) is 9.47 Å². The van der Waals surface area contributed by atoms with Gasteiger partial charge in [0, 0.05) is 11.9 Å². The Morgan fingerprint density at radius 1 is 1.24 bits per heavy atom. The number of aromatic amines is 1. The third-order valence-corrected chi connectivity index (χ3v) is 3.11. The fraction of sp³-hybridized carbons (Fsp3) is 0.267. The molecule has 1 N–H and O–H groups in total. The van der Waals surface area contributed by atoms with Gasteiger partial charge < -0.3 is 14.5 Å². The predicted octanol–water partition coefficient (Wildman–Crippen LogP) is 2.17. The molecule has 0 atom stereocenters. The fourth-order valence-corrected chi connectivity index (χ4v) is 2.06. The SMILES string of the molecule is COC(=O)c1c(C)[nH]c(C(=O)OCc2ccccn2)c1C. The topological polar surface area (TPSA) is 81.3 Å². The van der Waals surface area contributed by atoms with Crippen molar-refractivity contribution in [3.8, 4) is 0 Å². The van der Waals surface area contributed by atoms with Crippen molar-refractivity contribution in [3.05, 3.63) is 52.6 Å². The lowest BCUT2D eigenvalue weighted by Crippen LogP contribution is -2.09. The molecule has 2 rings (SSSR count). The molecule has 0 aliphatic heterocycles. The van der Waals surface area contributed by atoms with Crippen LogP contribution in [-0.2, 0) is 16.1 Å². The highest BCUT2D eigenvalue weighted by Gasteiger charge is 2.23. The number of carbonyl (C=O) groups is 2. The van der Waals surface area contributed by atoms with Crippen LogP contribution in [0.1, 0.15) is 37.8 Å². The number of carbonyl (C=O) groups excluding carboxylic acids is 2. The molecule has 0 aliphatic rings. The molecule has 110 valence electrons. The van der Waals surface area contributed by atoms with Gasteiger partial charge in [-0.25, -0.2) is 9.59 Å². The zero-order valence-electron chi connectivity index (χ0n) is 12.1. The van der Waals surface area contributed by atoms with Crippen LogP contribution >= 0.6 is 0 Å². The number of ether oxygens (including phenoxy) is 2. The summed E-state index contributed by atoms with van der Waals surface area (Å²) >= 11 is 0. The first-order valence-electron chi connectivity index (χ1n) is 6.39. The summed E-state index contributed by atoms with van der Waals surface area (Å²) < 4.78 is 9.89. The number of esters is 2. The number of H-pyrrole nitrogens is 1. The molecule has 0 unspecified atom stereocenters. The van der Waals surface area contributed by atoms with Crippen molar-refractivity contribution in [1.29, 1.82) is 0 Å². The Morgan fingerprint density at radius 3 is 2.62 bits per heavy atom. The van der Waals surface area contributed by atoms with Gasteiger partial charge in [0.25, 0.3) is 0 Å². The van der Waals surface area contributed by atoms with Crippen molar-refractivity contribution < 1.29 is 19.1 Å².